The van der Waals surface area contributed by atoms with Crippen molar-refractivity contribution in [3.63, 3.8) is 0 Å². The number of halogens is 4. The number of hydrogen-bond donors (Lipinski definition) is 1. The van der Waals surface area contributed by atoms with Gasteiger partial charge < -0.3 is 5.11 Å². The zero-order chi connectivity index (χ0) is 12.4. The smallest absolute Gasteiger partial charge is 0.343 e. The van der Waals surface area contributed by atoms with Gasteiger partial charge in [0.15, 0.2) is 0 Å². The molecule has 88 valence electrons. The maximum atomic E-state index is 13.2. The first kappa shape index (κ1) is 12.7. The zero-order valence-corrected chi connectivity index (χ0v) is 8.21. The molecule has 0 heterocycles. The molecule has 16 heavy (non-hydrogen) atoms. The van der Waals surface area contributed by atoms with Crippen LogP contribution in [0.25, 0.3) is 0 Å². The van der Waals surface area contributed by atoms with Crippen LogP contribution in [0.3, 0.4) is 0 Å². The van der Waals surface area contributed by atoms with E-state index in [9.17, 15) is 22.7 Å². The molecule has 1 atom stereocenters. The summed E-state index contributed by atoms with van der Waals surface area (Å²) >= 11 is 0. The largest absolute Gasteiger partial charge is 0.382 e. The Morgan fingerprint density at radius 2 is 1.62 bits per heavy atom. The van der Waals surface area contributed by atoms with Gasteiger partial charge in [-0.15, -0.1) is 0 Å². The maximum absolute atomic E-state index is 13.2. The normalized spacial score (nSPS) is 14.6. The average molecular weight is 234 g/mol. The molecule has 0 spiro atoms. The minimum atomic E-state index is -4.59. The fraction of sp³-hybridized carbons (Fsp3) is 0.273. The minimum Gasteiger partial charge on any atom is -0.382 e. The number of aliphatic hydroxyl groups is 1. The second-order valence-electron chi connectivity index (χ2n) is 3.26. The molecule has 0 aliphatic heterocycles. The van der Waals surface area contributed by atoms with E-state index in [1.165, 1.54) is 18.2 Å². The van der Waals surface area contributed by atoms with Crippen molar-refractivity contribution in [1.29, 1.82) is 0 Å². The molecule has 1 rings (SSSR count). The van der Waals surface area contributed by atoms with Crippen LogP contribution in [0.2, 0.25) is 0 Å². The molecule has 1 aromatic carbocycles. The second-order valence-corrected chi connectivity index (χ2v) is 3.26. The molecule has 0 aliphatic carbocycles. The van der Waals surface area contributed by atoms with Crippen molar-refractivity contribution in [1.82, 2.24) is 0 Å². The molecule has 0 aliphatic rings. The minimum absolute atomic E-state index is 0.168. The summed E-state index contributed by atoms with van der Waals surface area (Å²) in [6, 6.07) is 6.58. The first-order valence-corrected chi connectivity index (χ1v) is 4.45. The highest BCUT2D eigenvalue weighted by molar-refractivity contribution is 5.21. The summed E-state index contributed by atoms with van der Waals surface area (Å²) in [6.45, 7) is 2.63. The van der Waals surface area contributed by atoms with E-state index in [1.807, 2.05) is 0 Å². The van der Waals surface area contributed by atoms with Gasteiger partial charge in [0.1, 0.15) is 6.10 Å². The maximum Gasteiger partial charge on any atom is 0.343 e. The summed E-state index contributed by atoms with van der Waals surface area (Å²) in [7, 11) is 0. The van der Waals surface area contributed by atoms with Crippen LogP contribution in [0.1, 0.15) is 11.7 Å². The first-order valence-electron chi connectivity index (χ1n) is 4.45. The Kier molecular flexibility index (Phi) is 3.38. The Morgan fingerprint density at radius 3 is 2.06 bits per heavy atom. The van der Waals surface area contributed by atoms with E-state index in [-0.39, 0.29) is 11.6 Å². The van der Waals surface area contributed by atoms with Gasteiger partial charge in [0, 0.05) is 0 Å². The van der Waals surface area contributed by atoms with Gasteiger partial charge in [0.25, 0.3) is 0 Å². The molecule has 0 saturated heterocycles. The molecule has 0 aromatic heterocycles. The van der Waals surface area contributed by atoms with Gasteiger partial charge in [-0.1, -0.05) is 36.9 Å². The predicted molar refractivity (Wildman–Crippen MR) is 51.5 cm³/mol. The highest BCUT2D eigenvalue weighted by Gasteiger charge is 2.59. The molecule has 0 saturated carbocycles. The third-order valence-corrected chi connectivity index (χ3v) is 2.16. The highest BCUT2D eigenvalue weighted by atomic mass is 19.3. The number of alkyl halides is 4. The third-order valence-electron chi connectivity index (χ3n) is 2.16. The Hall–Kier alpha value is -1.36. The van der Waals surface area contributed by atoms with Crippen molar-refractivity contribution in [2.45, 2.75) is 17.9 Å². The van der Waals surface area contributed by atoms with Gasteiger partial charge in [0.05, 0.1) is 0 Å². The molecular formula is C11H10F4O. The molecule has 0 radical (unpaired) electrons. The molecule has 1 N–H and O–H groups in total. The summed E-state index contributed by atoms with van der Waals surface area (Å²) < 4.78 is 52.1. The van der Waals surface area contributed by atoms with Crippen LogP contribution in [0, 0.1) is 0 Å². The summed E-state index contributed by atoms with van der Waals surface area (Å²) in [4.78, 5) is 0. The summed E-state index contributed by atoms with van der Waals surface area (Å²) in [5, 5.41) is 9.24. The molecule has 5 heteroatoms. The summed E-state index contributed by atoms with van der Waals surface area (Å²) in [6.07, 6.45) is -2.74. The van der Waals surface area contributed by atoms with E-state index >= 15 is 0 Å². The number of rotatable bonds is 4. The number of benzene rings is 1. The Morgan fingerprint density at radius 1 is 1.12 bits per heavy atom. The Bertz CT molecular complexity index is 362. The van der Waals surface area contributed by atoms with E-state index in [2.05, 4.69) is 6.58 Å². The average Bonchev–Trinajstić information content (AvgIpc) is 2.29. The van der Waals surface area contributed by atoms with Gasteiger partial charge >= 0.3 is 11.8 Å². The van der Waals surface area contributed by atoms with Crippen molar-refractivity contribution in [2.24, 2.45) is 0 Å². The van der Waals surface area contributed by atoms with Gasteiger partial charge in [-0.25, -0.2) is 0 Å². The molecule has 1 unspecified atom stereocenters. The van der Waals surface area contributed by atoms with Crippen molar-refractivity contribution >= 4 is 0 Å². The van der Waals surface area contributed by atoms with Crippen molar-refractivity contribution in [3.05, 3.63) is 48.6 Å². The molecular weight excluding hydrogens is 224 g/mol. The summed E-state index contributed by atoms with van der Waals surface area (Å²) in [5.41, 5.74) is -0.269. The molecule has 0 fully saturated rings. The van der Waals surface area contributed by atoms with Crippen molar-refractivity contribution in [3.8, 4) is 0 Å². The third kappa shape index (κ3) is 2.09. The number of hydrogen-bond acceptors (Lipinski definition) is 1. The number of aliphatic hydroxyl groups excluding tert-OH is 1. The van der Waals surface area contributed by atoms with Crippen LogP contribution < -0.4 is 0 Å². The van der Waals surface area contributed by atoms with Crippen LogP contribution in [0.15, 0.2) is 43.0 Å². The van der Waals surface area contributed by atoms with Crippen LogP contribution in [0.5, 0.6) is 0 Å². The van der Waals surface area contributed by atoms with E-state index in [1.54, 1.807) is 0 Å². The Balaban J connectivity index is 3.06. The molecule has 1 aromatic rings. The highest BCUT2D eigenvalue weighted by Crippen LogP contribution is 2.43. The van der Waals surface area contributed by atoms with Crippen LogP contribution in [-0.2, 0) is 0 Å². The second kappa shape index (κ2) is 4.25. The van der Waals surface area contributed by atoms with E-state index in [0.717, 1.165) is 12.1 Å². The quantitative estimate of drug-likeness (QED) is 0.626. The standard InChI is InChI=1S/C11H10F4O/c1-2-10(12,13)11(14,15)9(16)8-6-4-3-5-7-8/h2-7,9,16H,1H2. The fourth-order valence-corrected chi connectivity index (χ4v) is 1.16. The van der Waals surface area contributed by atoms with Crippen LogP contribution in [-0.4, -0.2) is 17.0 Å². The van der Waals surface area contributed by atoms with Gasteiger partial charge in [0.2, 0.25) is 0 Å². The van der Waals surface area contributed by atoms with Gasteiger partial charge in [-0.3, -0.25) is 0 Å². The summed E-state index contributed by atoms with van der Waals surface area (Å²) in [5.74, 6) is -9.04. The van der Waals surface area contributed by atoms with Crippen LogP contribution >= 0.6 is 0 Å². The van der Waals surface area contributed by atoms with Gasteiger partial charge in [-0.05, 0) is 11.6 Å². The predicted octanol–water partition coefficient (Wildman–Crippen LogP) is 3.18. The first-order chi connectivity index (χ1) is 7.33. The zero-order valence-electron chi connectivity index (χ0n) is 8.21. The fourth-order valence-electron chi connectivity index (χ4n) is 1.16. The lowest BCUT2D eigenvalue weighted by Gasteiger charge is -2.28. The topological polar surface area (TPSA) is 20.2 Å². The van der Waals surface area contributed by atoms with E-state index < -0.39 is 17.9 Å². The van der Waals surface area contributed by atoms with Crippen LogP contribution in [0.4, 0.5) is 17.6 Å². The van der Waals surface area contributed by atoms with E-state index in [0.29, 0.717) is 0 Å². The SMILES string of the molecule is C=CC(F)(F)C(F)(F)C(O)c1ccccc1. The number of allylic oxidation sites excluding steroid dienone is 1. The van der Waals surface area contributed by atoms with E-state index in [4.69, 9.17) is 0 Å². The lowest BCUT2D eigenvalue weighted by molar-refractivity contribution is -0.232. The van der Waals surface area contributed by atoms with Gasteiger partial charge in [-0.2, -0.15) is 17.6 Å². The molecule has 1 nitrogen and oxygen atoms in total. The molecule has 0 amide bonds. The monoisotopic (exact) mass is 234 g/mol. The Labute approximate surface area is 90.0 Å². The molecule has 0 bridgehead atoms. The lowest BCUT2D eigenvalue weighted by atomic mass is 9.99. The van der Waals surface area contributed by atoms with Crippen molar-refractivity contribution < 1.29 is 22.7 Å². The lowest BCUT2D eigenvalue weighted by Crippen LogP contribution is -2.43. The van der Waals surface area contributed by atoms with Crippen molar-refractivity contribution in [2.75, 3.05) is 0 Å².